The van der Waals surface area contributed by atoms with Crippen LogP contribution in [0.4, 0.5) is 0 Å². The second-order valence-electron chi connectivity index (χ2n) is 5.78. The number of aryl methyl sites for hydroxylation is 1. The van der Waals surface area contributed by atoms with Crippen LogP contribution in [0.25, 0.3) is 0 Å². The molecule has 1 nitrogen and oxygen atoms in total. The van der Waals surface area contributed by atoms with Gasteiger partial charge in [-0.3, -0.25) is 0 Å². The molecule has 1 saturated carbocycles. The predicted octanol–water partition coefficient (Wildman–Crippen LogP) is 4.91. The molecule has 1 aliphatic rings. The van der Waals surface area contributed by atoms with Crippen LogP contribution in [0.2, 0.25) is 0 Å². The fourth-order valence-electron chi connectivity index (χ4n) is 2.45. The average molecular weight is 316 g/mol. The lowest BCUT2D eigenvalue weighted by atomic mass is 10.0. The van der Waals surface area contributed by atoms with Crippen LogP contribution in [0.5, 0.6) is 0 Å². The van der Waals surface area contributed by atoms with Crippen LogP contribution in [-0.2, 0) is 0 Å². The Morgan fingerprint density at radius 3 is 2.65 bits per heavy atom. The van der Waals surface area contributed by atoms with Crippen LogP contribution in [0.15, 0.2) is 10.5 Å². The molecule has 0 aliphatic heterocycles. The summed E-state index contributed by atoms with van der Waals surface area (Å²) >= 11 is 5.57. The number of nitrogens with one attached hydrogen (secondary N) is 1. The molecule has 1 fully saturated rings. The molecule has 0 radical (unpaired) electrons. The summed E-state index contributed by atoms with van der Waals surface area (Å²) in [5.74, 6) is 0.805. The summed E-state index contributed by atoms with van der Waals surface area (Å²) in [6.07, 6.45) is 2.55. The number of rotatable bonds is 5. The molecule has 96 valence electrons. The van der Waals surface area contributed by atoms with Gasteiger partial charge in [0.05, 0.1) is 0 Å². The number of hydrogen-bond acceptors (Lipinski definition) is 2. The molecule has 2 unspecified atom stereocenters. The van der Waals surface area contributed by atoms with E-state index in [0.717, 1.165) is 12.5 Å². The third-order valence-corrected chi connectivity index (χ3v) is 6.01. The Morgan fingerprint density at radius 2 is 2.24 bits per heavy atom. The van der Waals surface area contributed by atoms with Crippen molar-refractivity contribution in [2.75, 3.05) is 6.54 Å². The molecular weight excluding hydrogens is 294 g/mol. The summed E-state index contributed by atoms with van der Waals surface area (Å²) in [7, 11) is 0. The molecule has 0 aromatic carbocycles. The number of thiophene rings is 1. The van der Waals surface area contributed by atoms with Gasteiger partial charge in [0.2, 0.25) is 0 Å². The molecule has 1 aromatic rings. The summed E-state index contributed by atoms with van der Waals surface area (Å²) in [5, 5.41) is 3.73. The summed E-state index contributed by atoms with van der Waals surface area (Å²) < 4.78 is 1.26. The molecule has 3 heteroatoms. The van der Waals surface area contributed by atoms with E-state index in [0.29, 0.717) is 11.5 Å². The van der Waals surface area contributed by atoms with Crippen LogP contribution in [-0.4, -0.2) is 6.54 Å². The summed E-state index contributed by atoms with van der Waals surface area (Å²) in [6, 6.07) is 2.86. The van der Waals surface area contributed by atoms with Crippen molar-refractivity contribution in [1.29, 1.82) is 0 Å². The standard InChI is InChI=1S/C14H22BrNS/c1-5-6-16-13(10-8-14(10,3)4)12-7-11(15)9(2)17-12/h7,10,13,16H,5-6,8H2,1-4H3. The monoisotopic (exact) mass is 315 g/mol. The third kappa shape index (κ3) is 2.94. The SMILES string of the molecule is CCCNC(c1cc(Br)c(C)s1)C1CC1(C)C. The topological polar surface area (TPSA) is 12.0 Å². The highest BCUT2D eigenvalue weighted by molar-refractivity contribution is 9.10. The highest BCUT2D eigenvalue weighted by Crippen LogP contribution is 2.58. The molecule has 0 bridgehead atoms. The zero-order valence-electron chi connectivity index (χ0n) is 11.1. The van der Waals surface area contributed by atoms with Gasteiger partial charge in [0.15, 0.2) is 0 Å². The average Bonchev–Trinajstić information content (AvgIpc) is 2.73. The summed E-state index contributed by atoms with van der Waals surface area (Å²) in [4.78, 5) is 2.89. The number of halogens is 1. The summed E-state index contributed by atoms with van der Waals surface area (Å²) in [6.45, 7) is 10.3. The molecule has 0 spiro atoms. The normalized spacial score (nSPS) is 23.7. The highest BCUT2D eigenvalue weighted by atomic mass is 79.9. The Labute approximate surface area is 117 Å². The van der Waals surface area contributed by atoms with Gasteiger partial charge < -0.3 is 5.32 Å². The lowest BCUT2D eigenvalue weighted by Crippen LogP contribution is -2.24. The molecule has 1 aliphatic carbocycles. The fraction of sp³-hybridized carbons (Fsp3) is 0.714. The van der Waals surface area contributed by atoms with E-state index in [4.69, 9.17) is 0 Å². The van der Waals surface area contributed by atoms with Gasteiger partial charge in [0.25, 0.3) is 0 Å². The van der Waals surface area contributed by atoms with Gasteiger partial charge in [-0.25, -0.2) is 0 Å². The Bertz CT molecular complexity index is 377. The van der Waals surface area contributed by atoms with Gasteiger partial charge >= 0.3 is 0 Å². The first-order valence-corrected chi connectivity index (χ1v) is 8.06. The van der Waals surface area contributed by atoms with E-state index in [-0.39, 0.29) is 0 Å². The molecule has 1 N–H and O–H groups in total. The Balaban J connectivity index is 2.15. The first-order chi connectivity index (χ1) is 7.95. The van der Waals surface area contributed by atoms with Crippen molar-refractivity contribution >= 4 is 27.3 Å². The third-order valence-electron chi connectivity index (χ3n) is 3.79. The Kier molecular flexibility index (Phi) is 4.01. The quantitative estimate of drug-likeness (QED) is 0.814. The second-order valence-corrected chi connectivity index (χ2v) is 7.93. The van der Waals surface area contributed by atoms with Crippen molar-refractivity contribution in [3.8, 4) is 0 Å². The smallest absolute Gasteiger partial charge is 0.0449 e. The minimum absolute atomic E-state index is 0.524. The number of hydrogen-bond donors (Lipinski definition) is 1. The van der Waals surface area contributed by atoms with Crippen molar-refractivity contribution in [2.45, 2.75) is 46.6 Å². The molecule has 1 aromatic heterocycles. The first kappa shape index (κ1) is 13.6. The Hall–Kier alpha value is 0.140. The van der Waals surface area contributed by atoms with Crippen LogP contribution in [0.3, 0.4) is 0 Å². The van der Waals surface area contributed by atoms with E-state index in [1.54, 1.807) is 0 Å². The molecule has 0 amide bonds. The molecule has 2 rings (SSSR count). The van der Waals surface area contributed by atoms with Crippen LogP contribution in [0.1, 0.15) is 49.4 Å². The van der Waals surface area contributed by atoms with E-state index in [9.17, 15) is 0 Å². The van der Waals surface area contributed by atoms with Crippen molar-refractivity contribution < 1.29 is 0 Å². The van der Waals surface area contributed by atoms with Crippen LogP contribution in [0, 0.1) is 18.3 Å². The lowest BCUT2D eigenvalue weighted by molar-refractivity contribution is 0.421. The van der Waals surface area contributed by atoms with Gasteiger partial charge in [0, 0.05) is 20.3 Å². The van der Waals surface area contributed by atoms with E-state index in [1.807, 2.05) is 11.3 Å². The summed E-state index contributed by atoms with van der Waals surface area (Å²) in [5.41, 5.74) is 0.524. The molecular formula is C14H22BrNS. The fourth-order valence-corrected chi connectivity index (χ4v) is 4.15. The van der Waals surface area contributed by atoms with Gasteiger partial charge in [0.1, 0.15) is 0 Å². The van der Waals surface area contributed by atoms with Crippen molar-refractivity contribution in [2.24, 2.45) is 11.3 Å². The van der Waals surface area contributed by atoms with Crippen molar-refractivity contribution in [1.82, 2.24) is 5.32 Å². The van der Waals surface area contributed by atoms with Gasteiger partial charge in [-0.2, -0.15) is 0 Å². The lowest BCUT2D eigenvalue weighted by Gasteiger charge is -2.19. The Morgan fingerprint density at radius 1 is 1.59 bits per heavy atom. The minimum Gasteiger partial charge on any atom is -0.309 e. The van der Waals surface area contributed by atoms with E-state index in [2.05, 4.69) is 55.0 Å². The van der Waals surface area contributed by atoms with Crippen molar-refractivity contribution in [3.05, 3.63) is 20.3 Å². The van der Waals surface area contributed by atoms with Gasteiger partial charge in [-0.15, -0.1) is 11.3 Å². The highest BCUT2D eigenvalue weighted by Gasteiger charge is 2.50. The first-order valence-electron chi connectivity index (χ1n) is 6.45. The van der Waals surface area contributed by atoms with E-state index >= 15 is 0 Å². The zero-order chi connectivity index (χ0) is 12.6. The minimum atomic E-state index is 0.524. The second kappa shape index (κ2) is 5.02. The largest absolute Gasteiger partial charge is 0.309 e. The van der Waals surface area contributed by atoms with Crippen molar-refractivity contribution in [3.63, 3.8) is 0 Å². The molecule has 2 atom stereocenters. The maximum atomic E-state index is 3.73. The molecule has 0 saturated heterocycles. The predicted molar refractivity (Wildman–Crippen MR) is 79.7 cm³/mol. The van der Waals surface area contributed by atoms with Gasteiger partial charge in [-0.05, 0) is 59.6 Å². The molecule has 1 heterocycles. The maximum absolute atomic E-state index is 3.73. The maximum Gasteiger partial charge on any atom is 0.0449 e. The zero-order valence-corrected chi connectivity index (χ0v) is 13.5. The van der Waals surface area contributed by atoms with E-state index < -0.39 is 0 Å². The van der Waals surface area contributed by atoms with Gasteiger partial charge in [-0.1, -0.05) is 20.8 Å². The van der Waals surface area contributed by atoms with Crippen LogP contribution < -0.4 is 5.32 Å². The van der Waals surface area contributed by atoms with Crippen LogP contribution >= 0.6 is 27.3 Å². The van der Waals surface area contributed by atoms with E-state index in [1.165, 1.54) is 27.1 Å². The molecule has 17 heavy (non-hydrogen) atoms.